The van der Waals surface area contributed by atoms with Gasteiger partial charge in [-0.15, -0.1) is 0 Å². The maximum atomic E-state index is 13.5. The Morgan fingerprint density at radius 3 is 2.51 bits per heavy atom. The summed E-state index contributed by atoms with van der Waals surface area (Å²) in [5, 5.41) is 12.6. The molecule has 2 unspecified atom stereocenters. The zero-order chi connectivity index (χ0) is 34.0. The number of carbonyl (C=O) groups excluding carboxylic acids is 3. The molecule has 0 radical (unpaired) electrons. The monoisotopic (exact) mass is 654 g/mol. The van der Waals surface area contributed by atoms with Crippen LogP contribution in [-0.2, 0) is 19.1 Å². The van der Waals surface area contributed by atoms with E-state index in [0.717, 1.165) is 19.3 Å². The largest absolute Gasteiger partial charge is 0.490 e. The van der Waals surface area contributed by atoms with E-state index in [1.165, 1.54) is 6.20 Å². The molecule has 2 N–H and O–H groups in total. The minimum Gasteiger partial charge on any atom is -0.490 e. The molecule has 0 saturated carbocycles. The van der Waals surface area contributed by atoms with Crippen LogP contribution < -0.4 is 10.1 Å². The number of aliphatic carboxylic acids is 1. The molecular weight excluding hydrogens is 607 g/mol. The number of halogens is 1. The minimum absolute atomic E-state index is 0.00436. The number of likely N-dealkylation sites (tertiary alicyclic amines) is 2. The predicted molar refractivity (Wildman–Crippen MR) is 173 cm³/mol. The zero-order valence-electron chi connectivity index (χ0n) is 27.6. The van der Waals surface area contributed by atoms with E-state index in [4.69, 9.17) is 9.47 Å². The molecular formula is C35H47FN4O7. The third kappa shape index (κ3) is 10.7. The molecule has 4 rings (SSSR count). The number of nitrogens with zero attached hydrogens (tertiary/aromatic N) is 3. The number of hydrogen-bond acceptors (Lipinski definition) is 7. The molecule has 3 amide bonds. The van der Waals surface area contributed by atoms with Crippen molar-refractivity contribution in [3.05, 3.63) is 48.3 Å². The van der Waals surface area contributed by atoms with Gasteiger partial charge in [0.15, 0.2) is 0 Å². The van der Waals surface area contributed by atoms with Crippen molar-refractivity contribution >= 4 is 23.9 Å². The van der Waals surface area contributed by atoms with E-state index in [-0.39, 0.29) is 37.5 Å². The van der Waals surface area contributed by atoms with Gasteiger partial charge in [-0.25, -0.2) is 9.18 Å². The Kier molecular flexibility index (Phi) is 12.6. The van der Waals surface area contributed by atoms with Crippen LogP contribution in [0.5, 0.6) is 5.75 Å². The van der Waals surface area contributed by atoms with Gasteiger partial charge in [0.2, 0.25) is 11.8 Å². The highest BCUT2D eigenvalue weighted by Crippen LogP contribution is 2.32. The molecule has 11 nitrogen and oxygen atoms in total. The first-order chi connectivity index (χ1) is 22.4. The summed E-state index contributed by atoms with van der Waals surface area (Å²) in [4.78, 5) is 58.6. The van der Waals surface area contributed by atoms with Crippen molar-refractivity contribution in [2.24, 2.45) is 11.8 Å². The number of benzene rings is 1. The van der Waals surface area contributed by atoms with Crippen molar-refractivity contribution in [3.8, 4) is 16.9 Å². The zero-order valence-corrected chi connectivity index (χ0v) is 27.6. The summed E-state index contributed by atoms with van der Waals surface area (Å²) in [6, 6.07) is 8.03. The molecule has 0 bridgehead atoms. The van der Waals surface area contributed by atoms with Gasteiger partial charge in [0, 0.05) is 56.1 Å². The maximum Gasteiger partial charge on any atom is 0.410 e. The molecule has 47 heavy (non-hydrogen) atoms. The van der Waals surface area contributed by atoms with Crippen molar-refractivity contribution in [1.29, 1.82) is 0 Å². The number of nitrogens with one attached hydrogen (secondary N) is 1. The molecule has 0 aliphatic carbocycles. The Morgan fingerprint density at radius 2 is 1.81 bits per heavy atom. The Labute approximate surface area is 275 Å². The van der Waals surface area contributed by atoms with E-state index in [1.54, 1.807) is 40.3 Å². The van der Waals surface area contributed by atoms with Crippen LogP contribution in [0.25, 0.3) is 11.1 Å². The van der Waals surface area contributed by atoms with Crippen molar-refractivity contribution in [2.75, 3.05) is 39.5 Å². The van der Waals surface area contributed by atoms with E-state index >= 15 is 0 Å². The fraction of sp³-hybridized carbons (Fsp3) is 0.571. The number of carbonyl (C=O) groups is 4. The summed E-state index contributed by atoms with van der Waals surface area (Å²) in [6.45, 7) is 6.87. The lowest BCUT2D eigenvalue weighted by Crippen LogP contribution is -2.46. The van der Waals surface area contributed by atoms with Crippen LogP contribution in [0, 0.1) is 11.8 Å². The number of pyridine rings is 1. The van der Waals surface area contributed by atoms with Crippen LogP contribution in [0.2, 0.25) is 0 Å². The second-order valence-corrected chi connectivity index (χ2v) is 13.3. The van der Waals surface area contributed by atoms with E-state index in [9.17, 15) is 28.7 Å². The van der Waals surface area contributed by atoms with Gasteiger partial charge in [0.1, 0.15) is 24.6 Å². The van der Waals surface area contributed by atoms with Gasteiger partial charge in [-0.05, 0) is 76.5 Å². The summed E-state index contributed by atoms with van der Waals surface area (Å²) in [6.07, 6.45) is 6.48. The van der Waals surface area contributed by atoms with Crippen molar-refractivity contribution < 1.29 is 38.1 Å². The van der Waals surface area contributed by atoms with E-state index in [2.05, 4.69) is 10.3 Å². The quantitative estimate of drug-likeness (QED) is 0.311. The lowest BCUT2D eigenvalue weighted by molar-refractivity contribution is -0.138. The third-order valence-corrected chi connectivity index (χ3v) is 8.57. The van der Waals surface area contributed by atoms with Gasteiger partial charge < -0.3 is 29.7 Å². The number of amides is 3. The predicted octanol–water partition coefficient (Wildman–Crippen LogP) is 5.39. The molecule has 2 aliphatic heterocycles. The number of aromatic nitrogens is 1. The summed E-state index contributed by atoms with van der Waals surface area (Å²) < 4.78 is 23.8. The molecule has 2 atom stereocenters. The first-order valence-corrected chi connectivity index (χ1v) is 16.4. The summed E-state index contributed by atoms with van der Waals surface area (Å²) in [5.41, 5.74) is 1.29. The van der Waals surface area contributed by atoms with Gasteiger partial charge in [0.05, 0.1) is 18.4 Å². The van der Waals surface area contributed by atoms with Crippen LogP contribution in [0.1, 0.15) is 77.3 Å². The lowest BCUT2D eigenvalue weighted by Gasteiger charge is -2.35. The number of carboxylic acid groups (broad SMARTS) is 1. The number of para-hydroxylation sites is 1. The Hall–Kier alpha value is -4.22. The van der Waals surface area contributed by atoms with Gasteiger partial charge in [0.25, 0.3) is 0 Å². The van der Waals surface area contributed by atoms with E-state index in [1.807, 2.05) is 26.8 Å². The topological polar surface area (TPSA) is 138 Å². The summed E-state index contributed by atoms with van der Waals surface area (Å²) in [7, 11) is 0. The van der Waals surface area contributed by atoms with Crippen molar-refractivity contribution in [2.45, 2.75) is 77.4 Å². The molecule has 1 aromatic carbocycles. The fourth-order valence-corrected chi connectivity index (χ4v) is 6.13. The van der Waals surface area contributed by atoms with E-state index < -0.39 is 30.2 Å². The fourth-order valence-electron chi connectivity index (χ4n) is 6.13. The van der Waals surface area contributed by atoms with E-state index in [0.29, 0.717) is 67.3 Å². The maximum absolute atomic E-state index is 13.5. The van der Waals surface area contributed by atoms with Gasteiger partial charge in [-0.1, -0.05) is 18.2 Å². The van der Waals surface area contributed by atoms with Crippen molar-refractivity contribution in [3.63, 3.8) is 0 Å². The minimum atomic E-state index is -1.08. The third-order valence-electron chi connectivity index (χ3n) is 8.57. The number of ether oxygens (including phenoxy) is 2. The smallest absolute Gasteiger partial charge is 0.410 e. The average Bonchev–Trinajstić information content (AvgIpc) is 3.05. The Bertz CT molecular complexity index is 1390. The summed E-state index contributed by atoms with van der Waals surface area (Å²) in [5.74, 6) is -1.03. The van der Waals surface area contributed by atoms with Crippen LogP contribution in [-0.4, -0.2) is 88.8 Å². The highest BCUT2D eigenvalue weighted by Gasteiger charge is 2.32. The molecule has 2 aliphatic rings. The SMILES string of the molecule is CC(C)(C)OC(=O)N1CCC(CCC(=O)N2CCCC(C(=O)NC(CC(=O)O)c3cncc(-c4ccccc4OCCF)c3)C2)CC1. The lowest BCUT2D eigenvalue weighted by atomic mass is 9.91. The van der Waals surface area contributed by atoms with Crippen molar-refractivity contribution in [1.82, 2.24) is 20.1 Å². The van der Waals surface area contributed by atoms with Crippen LogP contribution in [0.4, 0.5) is 9.18 Å². The Balaban J connectivity index is 1.33. The molecule has 256 valence electrons. The molecule has 2 fully saturated rings. The number of alkyl halides is 1. The first kappa shape index (κ1) is 35.6. The number of piperidine rings is 2. The highest BCUT2D eigenvalue weighted by molar-refractivity contribution is 5.82. The average molecular weight is 655 g/mol. The molecule has 0 spiro atoms. The van der Waals surface area contributed by atoms with Crippen LogP contribution >= 0.6 is 0 Å². The van der Waals surface area contributed by atoms with Gasteiger partial charge >= 0.3 is 12.1 Å². The number of hydrogen-bond donors (Lipinski definition) is 2. The molecule has 3 heterocycles. The number of carboxylic acids is 1. The van der Waals surface area contributed by atoms with Crippen LogP contribution in [0.15, 0.2) is 42.7 Å². The first-order valence-electron chi connectivity index (χ1n) is 16.4. The highest BCUT2D eigenvalue weighted by atomic mass is 19.1. The molecule has 12 heteroatoms. The standard InChI is InChI=1S/C35H47FN4O7/c1-35(2,3)47-34(45)39-16-12-24(13-17-39)10-11-31(41)40-15-6-7-25(23-40)33(44)38-29(20-32(42)43)27-19-26(21-37-22-27)28-8-4-5-9-30(28)46-18-14-36/h4-5,8-9,19,21-22,24-25,29H,6-7,10-18,20,23H2,1-3H3,(H,38,44)(H,42,43). The molecule has 2 aromatic rings. The van der Waals surface area contributed by atoms with Gasteiger partial charge in [-0.2, -0.15) is 0 Å². The van der Waals surface area contributed by atoms with Gasteiger partial charge in [-0.3, -0.25) is 19.4 Å². The Morgan fingerprint density at radius 1 is 1.06 bits per heavy atom. The van der Waals surface area contributed by atoms with Crippen LogP contribution in [0.3, 0.4) is 0 Å². The molecule has 1 aromatic heterocycles. The summed E-state index contributed by atoms with van der Waals surface area (Å²) >= 11 is 0. The molecule has 2 saturated heterocycles. The second kappa shape index (κ2) is 16.6. The normalized spacial score (nSPS) is 17.9. The second-order valence-electron chi connectivity index (χ2n) is 13.3. The number of rotatable bonds is 12.